The fourth-order valence-corrected chi connectivity index (χ4v) is 3.69. The van der Waals surface area contributed by atoms with E-state index in [0.29, 0.717) is 24.4 Å². The molecule has 0 spiro atoms. The van der Waals surface area contributed by atoms with Crippen LogP contribution in [0.15, 0.2) is 48.7 Å². The number of hydrogen-bond acceptors (Lipinski definition) is 4. The molecule has 29 heavy (non-hydrogen) atoms. The molecule has 1 aliphatic heterocycles. The summed E-state index contributed by atoms with van der Waals surface area (Å²) in [5.41, 5.74) is 1.72. The van der Waals surface area contributed by atoms with Crippen LogP contribution >= 0.6 is 0 Å². The summed E-state index contributed by atoms with van der Waals surface area (Å²) >= 11 is 0. The molecule has 1 atom stereocenters. The summed E-state index contributed by atoms with van der Waals surface area (Å²) in [6, 6.07) is 13.3. The number of aromatic nitrogens is 1. The van der Waals surface area contributed by atoms with Crippen molar-refractivity contribution in [3.63, 3.8) is 0 Å². The molecular weight excluding hydrogens is 370 g/mol. The third kappa shape index (κ3) is 3.34. The van der Waals surface area contributed by atoms with Gasteiger partial charge in [0, 0.05) is 12.1 Å². The first kappa shape index (κ1) is 19.0. The van der Waals surface area contributed by atoms with Gasteiger partial charge in [0.15, 0.2) is 0 Å². The number of pyridine rings is 1. The second-order valence-electron chi connectivity index (χ2n) is 7.40. The van der Waals surface area contributed by atoms with E-state index in [1.54, 1.807) is 10.6 Å². The largest absolute Gasteiger partial charge is 0.456 e. The van der Waals surface area contributed by atoms with Gasteiger partial charge in [0.1, 0.15) is 22.7 Å². The zero-order valence-electron chi connectivity index (χ0n) is 16.4. The Balaban J connectivity index is 1.69. The number of rotatable bonds is 5. The monoisotopic (exact) mass is 393 g/mol. The Morgan fingerprint density at radius 2 is 2.03 bits per heavy atom. The molecular formula is C22H23N3O4. The summed E-state index contributed by atoms with van der Waals surface area (Å²) in [7, 11) is 0. The van der Waals surface area contributed by atoms with Gasteiger partial charge in [0.25, 0.3) is 5.91 Å². The average Bonchev–Trinajstić information content (AvgIpc) is 3.22. The van der Waals surface area contributed by atoms with Gasteiger partial charge in [-0.25, -0.2) is 0 Å². The minimum Gasteiger partial charge on any atom is -0.456 e. The van der Waals surface area contributed by atoms with Gasteiger partial charge in [0.05, 0.1) is 12.8 Å². The van der Waals surface area contributed by atoms with Gasteiger partial charge in [-0.2, -0.15) is 0 Å². The maximum atomic E-state index is 13.1. The Morgan fingerprint density at radius 3 is 2.72 bits per heavy atom. The highest BCUT2D eigenvalue weighted by atomic mass is 16.5. The zero-order chi connectivity index (χ0) is 20.6. The summed E-state index contributed by atoms with van der Waals surface area (Å²) in [6.07, 6.45) is 2.10. The van der Waals surface area contributed by atoms with Crippen LogP contribution in [0.3, 0.4) is 0 Å². The number of fused-ring (bicyclic) bond motifs is 1. The second kappa shape index (κ2) is 7.25. The highest BCUT2D eigenvalue weighted by molar-refractivity contribution is 6.01. The van der Waals surface area contributed by atoms with Crippen molar-refractivity contribution in [2.75, 3.05) is 13.2 Å². The molecule has 0 bridgehead atoms. The first-order valence-electron chi connectivity index (χ1n) is 9.50. The van der Waals surface area contributed by atoms with Crippen LogP contribution in [-0.2, 0) is 4.79 Å². The Kier molecular flexibility index (Phi) is 4.76. The number of benzene rings is 1. The number of carbonyl (C=O) groups excluding carboxylic acids is 2. The summed E-state index contributed by atoms with van der Waals surface area (Å²) in [6.45, 7) is 3.77. The van der Waals surface area contributed by atoms with Crippen molar-refractivity contribution in [3.8, 4) is 11.5 Å². The molecule has 0 aliphatic carbocycles. The lowest BCUT2D eigenvalue weighted by atomic mass is 9.98. The molecule has 7 nitrogen and oxygen atoms in total. The quantitative estimate of drug-likeness (QED) is 0.620. The van der Waals surface area contributed by atoms with E-state index in [2.05, 4.69) is 10.6 Å². The van der Waals surface area contributed by atoms with E-state index >= 15 is 0 Å². The van der Waals surface area contributed by atoms with Crippen LogP contribution in [0.5, 0.6) is 11.5 Å². The molecule has 7 heteroatoms. The van der Waals surface area contributed by atoms with Gasteiger partial charge in [-0.15, -0.1) is 0 Å². The molecule has 2 aromatic heterocycles. The molecule has 1 aliphatic rings. The van der Waals surface area contributed by atoms with Crippen molar-refractivity contribution in [2.45, 2.75) is 25.8 Å². The first-order valence-corrected chi connectivity index (χ1v) is 9.50. The Morgan fingerprint density at radius 1 is 1.24 bits per heavy atom. The van der Waals surface area contributed by atoms with Gasteiger partial charge < -0.3 is 24.9 Å². The van der Waals surface area contributed by atoms with Crippen LogP contribution in [0.1, 0.15) is 28.0 Å². The van der Waals surface area contributed by atoms with Gasteiger partial charge in [-0.3, -0.25) is 9.59 Å². The lowest BCUT2D eigenvalue weighted by Crippen LogP contribution is -2.56. The standard InChI is InChI=1S/C22H23N3O4/c1-14-5-3-4-6-18(14)29-17-8-7-16-11-15(2)19(25(16)12-17)20(27)24-22(13-26)9-10-23-21(22)28/h3-8,11-12,26H,9-10,13H2,1-2H3,(H,23,28)(H,24,27). The zero-order valence-corrected chi connectivity index (χ0v) is 16.4. The lowest BCUT2D eigenvalue weighted by Gasteiger charge is -2.25. The van der Waals surface area contributed by atoms with Crippen LogP contribution in [0.25, 0.3) is 5.52 Å². The van der Waals surface area contributed by atoms with Crippen molar-refractivity contribution in [1.29, 1.82) is 0 Å². The molecule has 1 fully saturated rings. The molecule has 0 radical (unpaired) electrons. The summed E-state index contributed by atoms with van der Waals surface area (Å²) in [5, 5.41) is 15.2. The maximum absolute atomic E-state index is 13.1. The Labute approximate surface area is 168 Å². The smallest absolute Gasteiger partial charge is 0.269 e. The number of ether oxygens (including phenoxy) is 1. The third-order valence-corrected chi connectivity index (χ3v) is 5.36. The number of nitrogens with one attached hydrogen (secondary N) is 2. The maximum Gasteiger partial charge on any atom is 0.269 e. The fourth-order valence-electron chi connectivity index (χ4n) is 3.69. The van der Waals surface area contributed by atoms with E-state index in [1.807, 2.05) is 56.3 Å². The number of aliphatic hydroxyl groups excluding tert-OH is 1. The number of aryl methyl sites for hydroxylation is 2. The predicted octanol–water partition coefficient (Wildman–Crippen LogP) is 2.33. The third-order valence-electron chi connectivity index (χ3n) is 5.36. The van der Waals surface area contributed by atoms with E-state index in [1.165, 1.54) is 0 Å². The fraction of sp³-hybridized carbons (Fsp3) is 0.273. The molecule has 4 rings (SSSR count). The van der Waals surface area contributed by atoms with Crippen molar-refractivity contribution in [2.24, 2.45) is 0 Å². The van der Waals surface area contributed by atoms with Crippen molar-refractivity contribution in [1.82, 2.24) is 15.0 Å². The van der Waals surface area contributed by atoms with Gasteiger partial charge in [-0.1, -0.05) is 18.2 Å². The van der Waals surface area contributed by atoms with E-state index in [-0.39, 0.29) is 5.91 Å². The molecule has 1 aromatic carbocycles. The van der Waals surface area contributed by atoms with Crippen LogP contribution in [0.4, 0.5) is 0 Å². The lowest BCUT2D eigenvalue weighted by molar-refractivity contribution is -0.125. The molecule has 0 saturated carbocycles. The number of aliphatic hydroxyl groups is 1. The SMILES string of the molecule is Cc1ccccc1Oc1ccc2cc(C)c(C(=O)NC3(CO)CCNC3=O)n2c1. The van der Waals surface area contributed by atoms with Crippen LogP contribution in [0.2, 0.25) is 0 Å². The van der Waals surface area contributed by atoms with Crippen LogP contribution in [0, 0.1) is 13.8 Å². The van der Waals surface area contributed by atoms with Crippen molar-refractivity contribution in [3.05, 3.63) is 65.5 Å². The average molecular weight is 393 g/mol. The van der Waals surface area contributed by atoms with Crippen LogP contribution < -0.4 is 15.4 Å². The van der Waals surface area contributed by atoms with Gasteiger partial charge in [0.2, 0.25) is 5.91 Å². The number of amides is 2. The number of hydrogen-bond donors (Lipinski definition) is 3. The number of nitrogens with zero attached hydrogens (tertiary/aromatic N) is 1. The van der Waals surface area contributed by atoms with E-state index in [9.17, 15) is 14.7 Å². The molecule has 150 valence electrons. The van der Waals surface area contributed by atoms with Crippen LogP contribution in [-0.4, -0.2) is 40.0 Å². The number of carbonyl (C=O) groups is 2. The predicted molar refractivity (Wildman–Crippen MR) is 108 cm³/mol. The van der Waals surface area contributed by atoms with E-state index in [0.717, 1.165) is 22.4 Å². The van der Waals surface area contributed by atoms with Crippen molar-refractivity contribution < 1.29 is 19.4 Å². The second-order valence-corrected chi connectivity index (χ2v) is 7.40. The minimum absolute atomic E-state index is 0.345. The van der Waals surface area contributed by atoms with E-state index < -0.39 is 18.1 Å². The molecule has 1 saturated heterocycles. The molecule has 3 heterocycles. The highest BCUT2D eigenvalue weighted by Gasteiger charge is 2.43. The number of para-hydroxylation sites is 1. The Bertz CT molecular complexity index is 1100. The molecule has 3 aromatic rings. The highest BCUT2D eigenvalue weighted by Crippen LogP contribution is 2.27. The minimum atomic E-state index is -1.29. The summed E-state index contributed by atoms with van der Waals surface area (Å²) in [5.74, 6) is 0.549. The molecule has 1 unspecified atom stereocenters. The summed E-state index contributed by atoms with van der Waals surface area (Å²) in [4.78, 5) is 25.2. The molecule has 2 amide bonds. The normalized spacial score (nSPS) is 18.7. The Hall–Kier alpha value is -3.32. The topological polar surface area (TPSA) is 92.1 Å². The molecule has 3 N–H and O–H groups in total. The van der Waals surface area contributed by atoms with Gasteiger partial charge >= 0.3 is 0 Å². The summed E-state index contributed by atoms with van der Waals surface area (Å²) < 4.78 is 7.74. The van der Waals surface area contributed by atoms with E-state index in [4.69, 9.17) is 4.74 Å². The first-order chi connectivity index (χ1) is 13.9. The van der Waals surface area contributed by atoms with Gasteiger partial charge in [-0.05, 0) is 55.7 Å². The van der Waals surface area contributed by atoms with Crippen molar-refractivity contribution >= 4 is 17.3 Å².